The van der Waals surface area contributed by atoms with Crippen LogP contribution in [0, 0.1) is 0 Å². The van der Waals surface area contributed by atoms with Crippen molar-refractivity contribution in [3.8, 4) is 11.4 Å². The molecule has 16 heavy (non-hydrogen) atoms. The largest absolute Gasteiger partial charge is 0.383 e. The number of rotatable bonds is 1. The van der Waals surface area contributed by atoms with E-state index < -0.39 is 0 Å². The Balaban J connectivity index is 2.15. The first-order chi connectivity index (χ1) is 7.74. The van der Waals surface area contributed by atoms with Gasteiger partial charge in [-0.15, -0.1) is 16.4 Å². The Morgan fingerprint density at radius 3 is 2.69 bits per heavy atom. The first-order valence-corrected chi connectivity index (χ1v) is 6.27. The van der Waals surface area contributed by atoms with E-state index in [1.165, 1.54) is 11.3 Å². The van der Waals surface area contributed by atoms with E-state index in [-0.39, 0.29) is 0 Å². The third kappa shape index (κ3) is 1.50. The summed E-state index contributed by atoms with van der Waals surface area (Å²) in [5.41, 5.74) is 6.74. The van der Waals surface area contributed by atoms with Crippen LogP contribution >= 0.6 is 27.3 Å². The molecule has 4 nitrogen and oxygen atoms in total. The number of benzene rings is 1. The highest BCUT2D eigenvalue weighted by atomic mass is 79.9. The van der Waals surface area contributed by atoms with E-state index in [9.17, 15) is 0 Å². The molecule has 0 aliphatic heterocycles. The van der Waals surface area contributed by atoms with Crippen molar-refractivity contribution in [2.45, 2.75) is 0 Å². The Kier molecular flexibility index (Phi) is 2.19. The van der Waals surface area contributed by atoms with Crippen molar-refractivity contribution in [3.05, 3.63) is 34.1 Å². The normalized spacial score (nSPS) is 11.1. The first kappa shape index (κ1) is 9.80. The smallest absolute Gasteiger partial charge is 0.214 e. The predicted molar refractivity (Wildman–Crippen MR) is 68.4 cm³/mol. The minimum absolute atomic E-state index is 0.621. The fraction of sp³-hybridized carbons (Fsp3) is 0. The van der Waals surface area contributed by atoms with Crippen LogP contribution in [-0.2, 0) is 0 Å². The molecule has 6 heteroatoms. The summed E-state index contributed by atoms with van der Waals surface area (Å²) in [6, 6.07) is 7.88. The molecule has 3 aromatic rings. The zero-order valence-electron chi connectivity index (χ0n) is 8.09. The number of anilines is 1. The SMILES string of the molecule is Nc1csc2nc(-c3ccc(Br)cc3)nn12. The highest BCUT2D eigenvalue weighted by Crippen LogP contribution is 2.22. The Morgan fingerprint density at radius 2 is 2.00 bits per heavy atom. The number of nitrogens with two attached hydrogens (primary N) is 1. The molecular formula is C10H7BrN4S. The minimum Gasteiger partial charge on any atom is -0.383 e. The quantitative estimate of drug-likeness (QED) is 0.751. The monoisotopic (exact) mass is 294 g/mol. The summed E-state index contributed by atoms with van der Waals surface area (Å²) in [4.78, 5) is 5.22. The van der Waals surface area contributed by atoms with Gasteiger partial charge in [0.2, 0.25) is 4.96 Å². The summed E-state index contributed by atoms with van der Waals surface area (Å²) in [6.07, 6.45) is 0. The van der Waals surface area contributed by atoms with Crippen molar-refractivity contribution < 1.29 is 0 Å². The van der Waals surface area contributed by atoms with Gasteiger partial charge in [0.25, 0.3) is 0 Å². The van der Waals surface area contributed by atoms with Gasteiger partial charge in [-0.05, 0) is 12.1 Å². The number of fused-ring (bicyclic) bond motifs is 1. The standard InChI is InChI=1S/C10H7BrN4S/c11-7-3-1-6(2-4-7)9-13-10-15(14-9)8(12)5-16-10/h1-5H,12H2. The van der Waals surface area contributed by atoms with Crippen LogP contribution in [0.2, 0.25) is 0 Å². The van der Waals surface area contributed by atoms with E-state index in [2.05, 4.69) is 26.0 Å². The fourth-order valence-corrected chi connectivity index (χ4v) is 2.40. The molecule has 80 valence electrons. The van der Waals surface area contributed by atoms with Gasteiger partial charge < -0.3 is 5.73 Å². The molecule has 0 aliphatic carbocycles. The van der Waals surface area contributed by atoms with Crippen LogP contribution in [0.4, 0.5) is 5.82 Å². The predicted octanol–water partition coefficient (Wildman–Crippen LogP) is 2.80. The van der Waals surface area contributed by atoms with Crippen LogP contribution in [-0.4, -0.2) is 14.6 Å². The lowest BCUT2D eigenvalue weighted by atomic mass is 10.2. The second-order valence-corrected chi connectivity index (χ2v) is 5.05. The maximum absolute atomic E-state index is 5.76. The van der Waals surface area contributed by atoms with Gasteiger partial charge in [-0.25, -0.2) is 0 Å². The van der Waals surface area contributed by atoms with Crippen molar-refractivity contribution in [3.63, 3.8) is 0 Å². The van der Waals surface area contributed by atoms with Crippen molar-refractivity contribution in [1.29, 1.82) is 0 Å². The number of halogens is 1. The molecule has 2 aromatic heterocycles. The van der Waals surface area contributed by atoms with E-state index in [0.717, 1.165) is 15.0 Å². The van der Waals surface area contributed by atoms with Gasteiger partial charge in [-0.3, -0.25) is 0 Å². The maximum atomic E-state index is 5.76. The Labute approximate surface area is 104 Å². The molecule has 1 aromatic carbocycles. The summed E-state index contributed by atoms with van der Waals surface area (Å²) in [5, 5.41) is 6.18. The van der Waals surface area contributed by atoms with Gasteiger partial charge in [0, 0.05) is 15.4 Å². The number of aromatic nitrogens is 3. The van der Waals surface area contributed by atoms with Gasteiger partial charge >= 0.3 is 0 Å². The summed E-state index contributed by atoms with van der Waals surface area (Å²) in [6.45, 7) is 0. The van der Waals surface area contributed by atoms with Gasteiger partial charge in [0.15, 0.2) is 5.82 Å². The van der Waals surface area contributed by atoms with E-state index in [4.69, 9.17) is 5.73 Å². The van der Waals surface area contributed by atoms with Crippen molar-refractivity contribution in [2.24, 2.45) is 0 Å². The highest BCUT2D eigenvalue weighted by Gasteiger charge is 2.09. The molecule has 0 unspecified atom stereocenters. The topological polar surface area (TPSA) is 56.2 Å². The summed E-state index contributed by atoms with van der Waals surface area (Å²) in [7, 11) is 0. The van der Waals surface area contributed by atoms with Gasteiger partial charge in [-0.1, -0.05) is 28.1 Å². The average molecular weight is 295 g/mol. The lowest BCUT2D eigenvalue weighted by Gasteiger charge is -1.94. The maximum Gasteiger partial charge on any atom is 0.214 e. The zero-order chi connectivity index (χ0) is 11.1. The zero-order valence-corrected chi connectivity index (χ0v) is 10.5. The fourth-order valence-electron chi connectivity index (χ4n) is 1.43. The number of hydrogen-bond acceptors (Lipinski definition) is 4. The lowest BCUT2D eigenvalue weighted by molar-refractivity contribution is 0.994. The van der Waals surface area contributed by atoms with Crippen LogP contribution in [0.5, 0.6) is 0 Å². The molecule has 0 aliphatic rings. The average Bonchev–Trinajstić information content (AvgIpc) is 2.83. The molecular weight excluding hydrogens is 288 g/mol. The Bertz CT molecular complexity index is 640. The second kappa shape index (κ2) is 3.57. The number of nitrogens with zero attached hydrogens (tertiary/aromatic N) is 3. The highest BCUT2D eigenvalue weighted by molar-refractivity contribution is 9.10. The molecule has 2 heterocycles. The molecule has 2 N–H and O–H groups in total. The molecule has 0 spiro atoms. The molecule has 0 saturated carbocycles. The van der Waals surface area contributed by atoms with Crippen molar-refractivity contribution in [2.75, 3.05) is 5.73 Å². The molecule has 0 bridgehead atoms. The van der Waals surface area contributed by atoms with E-state index in [0.29, 0.717) is 11.6 Å². The molecule has 0 amide bonds. The third-order valence-electron chi connectivity index (χ3n) is 2.21. The van der Waals surface area contributed by atoms with Crippen LogP contribution in [0.1, 0.15) is 0 Å². The van der Waals surface area contributed by atoms with Gasteiger partial charge in [0.1, 0.15) is 5.82 Å². The lowest BCUT2D eigenvalue weighted by Crippen LogP contribution is -1.92. The van der Waals surface area contributed by atoms with Crippen LogP contribution in [0.3, 0.4) is 0 Å². The summed E-state index contributed by atoms with van der Waals surface area (Å²) < 4.78 is 2.69. The third-order valence-corrected chi connectivity index (χ3v) is 3.57. The van der Waals surface area contributed by atoms with Gasteiger partial charge in [-0.2, -0.15) is 9.50 Å². The summed E-state index contributed by atoms with van der Waals surface area (Å²) >= 11 is 4.88. The van der Waals surface area contributed by atoms with Crippen LogP contribution in [0.25, 0.3) is 16.3 Å². The minimum atomic E-state index is 0.621. The number of thiazole rings is 1. The van der Waals surface area contributed by atoms with E-state index >= 15 is 0 Å². The van der Waals surface area contributed by atoms with Crippen LogP contribution < -0.4 is 5.73 Å². The number of hydrogen-bond donors (Lipinski definition) is 1. The molecule has 0 saturated heterocycles. The van der Waals surface area contributed by atoms with Crippen molar-refractivity contribution in [1.82, 2.24) is 14.6 Å². The van der Waals surface area contributed by atoms with Crippen LogP contribution in [0.15, 0.2) is 34.1 Å². The van der Waals surface area contributed by atoms with E-state index in [1.54, 1.807) is 4.52 Å². The van der Waals surface area contributed by atoms with E-state index in [1.807, 2.05) is 29.6 Å². The Hall–Kier alpha value is -1.40. The second-order valence-electron chi connectivity index (χ2n) is 3.30. The number of nitrogen functional groups attached to an aromatic ring is 1. The molecule has 0 radical (unpaired) electrons. The van der Waals surface area contributed by atoms with Crippen molar-refractivity contribution >= 4 is 38.0 Å². The molecule has 3 rings (SSSR count). The Morgan fingerprint density at radius 1 is 1.25 bits per heavy atom. The molecule has 0 atom stereocenters. The van der Waals surface area contributed by atoms with Gasteiger partial charge in [0.05, 0.1) is 0 Å². The molecule has 0 fully saturated rings. The first-order valence-electron chi connectivity index (χ1n) is 4.60. The summed E-state index contributed by atoms with van der Waals surface area (Å²) in [5.74, 6) is 1.32.